The summed E-state index contributed by atoms with van der Waals surface area (Å²) in [7, 11) is 1.80. The lowest BCUT2D eigenvalue weighted by Gasteiger charge is -2.33. The third kappa shape index (κ3) is 6.00. The minimum atomic E-state index is -0.231. The van der Waals surface area contributed by atoms with Gasteiger partial charge in [-0.15, -0.1) is 5.10 Å². The molecule has 0 aliphatic carbocycles. The number of anilines is 1. The van der Waals surface area contributed by atoms with Crippen LogP contribution in [0.15, 0.2) is 35.3 Å². The zero-order chi connectivity index (χ0) is 27.2. The maximum Gasteiger partial charge on any atom is 0.306 e. The van der Waals surface area contributed by atoms with Crippen LogP contribution in [-0.2, 0) is 40.8 Å². The molecule has 1 saturated heterocycles. The standard InChI is InChI=1S/C28H36N6O4/c1-5-8-19-9-13-25(35)33(16-19)18-24-28(30-31-32(24)4)22-11-12-23(21(6-2)29-22)34-17-20(10-14-26(34)36)15-27(37)38-7-3/h9,11-13,16,20H,5-8,10,14-15,17-18H2,1-4H3/t20-/m1/s1. The Bertz CT molecular complexity index is 1360. The monoisotopic (exact) mass is 520 g/mol. The quantitative estimate of drug-likeness (QED) is 0.377. The van der Waals surface area contributed by atoms with Gasteiger partial charge in [0, 0.05) is 32.3 Å². The smallest absolute Gasteiger partial charge is 0.306 e. The summed E-state index contributed by atoms with van der Waals surface area (Å²) in [5.41, 5.74) is 4.55. The molecule has 4 heterocycles. The van der Waals surface area contributed by atoms with Crippen molar-refractivity contribution in [3.63, 3.8) is 0 Å². The zero-order valence-electron chi connectivity index (χ0n) is 22.6. The summed E-state index contributed by atoms with van der Waals surface area (Å²) in [5, 5.41) is 8.58. The molecule has 10 nitrogen and oxygen atoms in total. The van der Waals surface area contributed by atoms with Crippen LogP contribution in [-0.4, -0.2) is 49.6 Å². The molecule has 1 aliphatic rings. The molecular weight excluding hydrogens is 484 g/mol. The second kappa shape index (κ2) is 12.1. The molecule has 202 valence electrons. The fourth-order valence-corrected chi connectivity index (χ4v) is 4.96. The molecule has 3 aromatic heterocycles. The summed E-state index contributed by atoms with van der Waals surface area (Å²) in [5.74, 6) is -0.157. The van der Waals surface area contributed by atoms with Crippen molar-refractivity contribution in [3.8, 4) is 11.4 Å². The predicted octanol–water partition coefficient (Wildman–Crippen LogP) is 3.30. The SMILES string of the molecule is CCCc1ccc(=O)n(Cc2c(-c3ccc(N4C[C@@H](CC(=O)OCC)CCC4=O)c(CC)n3)nnn2C)c1. The van der Waals surface area contributed by atoms with Gasteiger partial charge >= 0.3 is 5.97 Å². The van der Waals surface area contributed by atoms with Crippen LogP contribution >= 0.6 is 0 Å². The molecule has 1 amide bonds. The Hall–Kier alpha value is -3.82. The lowest BCUT2D eigenvalue weighted by molar-refractivity contribution is -0.144. The molecule has 1 fully saturated rings. The highest BCUT2D eigenvalue weighted by molar-refractivity contribution is 5.95. The van der Waals surface area contributed by atoms with Gasteiger partial charge in [-0.25, -0.2) is 9.67 Å². The van der Waals surface area contributed by atoms with E-state index in [0.29, 0.717) is 56.8 Å². The molecule has 0 bridgehead atoms. The minimum absolute atomic E-state index is 0.0286. The summed E-state index contributed by atoms with van der Waals surface area (Å²) >= 11 is 0. The first kappa shape index (κ1) is 27.2. The minimum Gasteiger partial charge on any atom is -0.466 e. The Labute approximate surface area is 222 Å². The zero-order valence-corrected chi connectivity index (χ0v) is 22.6. The summed E-state index contributed by atoms with van der Waals surface area (Å²) in [4.78, 5) is 44.1. The molecule has 0 radical (unpaired) electrons. The third-order valence-electron chi connectivity index (χ3n) is 6.93. The third-order valence-corrected chi connectivity index (χ3v) is 6.93. The van der Waals surface area contributed by atoms with Gasteiger partial charge in [0.15, 0.2) is 0 Å². The normalized spacial score (nSPS) is 15.6. The van der Waals surface area contributed by atoms with Crippen molar-refractivity contribution in [1.29, 1.82) is 0 Å². The fourth-order valence-electron chi connectivity index (χ4n) is 4.96. The predicted molar refractivity (Wildman–Crippen MR) is 144 cm³/mol. The summed E-state index contributed by atoms with van der Waals surface area (Å²) in [6, 6.07) is 7.22. The number of nitrogens with zero attached hydrogens (tertiary/aromatic N) is 6. The van der Waals surface area contributed by atoms with Crippen LogP contribution < -0.4 is 10.5 Å². The molecule has 0 N–H and O–H groups in total. The summed E-state index contributed by atoms with van der Waals surface area (Å²) in [6.07, 6.45) is 5.75. The van der Waals surface area contributed by atoms with Crippen molar-refractivity contribution in [1.82, 2.24) is 24.5 Å². The first-order valence-electron chi connectivity index (χ1n) is 13.4. The Kier molecular flexibility index (Phi) is 8.70. The van der Waals surface area contributed by atoms with Gasteiger partial charge in [0.25, 0.3) is 5.56 Å². The highest BCUT2D eigenvalue weighted by Crippen LogP contribution is 2.31. The number of esters is 1. The summed E-state index contributed by atoms with van der Waals surface area (Å²) in [6.45, 7) is 7.02. The molecular formula is C28H36N6O4. The molecule has 0 unspecified atom stereocenters. The number of hydrogen-bond acceptors (Lipinski definition) is 7. The number of piperidine rings is 1. The Morgan fingerprint density at radius 3 is 2.68 bits per heavy atom. The van der Waals surface area contributed by atoms with Crippen molar-refractivity contribution in [2.45, 2.75) is 65.8 Å². The van der Waals surface area contributed by atoms with Crippen molar-refractivity contribution < 1.29 is 14.3 Å². The first-order chi connectivity index (χ1) is 18.3. The Morgan fingerprint density at radius 1 is 1.13 bits per heavy atom. The number of hydrogen-bond donors (Lipinski definition) is 0. The highest BCUT2D eigenvalue weighted by Gasteiger charge is 2.30. The lowest BCUT2D eigenvalue weighted by Crippen LogP contribution is -2.41. The van der Waals surface area contributed by atoms with E-state index >= 15 is 0 Å². The lowest BCUT2D eigenvalue weighted by atomic mass is 9.93. The summed E-state index contributed by atoms with van der Waals surface area (Å²) < 4.78 is 8.46. The van der Waals surface area contributed by atoms with Crippen LogP contribution in [0.2, 0.25) is 0 Å². The van der Waals surface area contributed by atoms with Gasteiger partial charge in [0.05, 0.1) is 42.3 Å². The first-order valence-corrected chi connectivity index (χ1v) is 13.4. The number of aromatic nitrogens is 5. The van der Waals surface area contributed by atoms with Crippen molar-refractivity contribution in [2.24, 2.45) is 13.0 Å². The topological polar surface area (TPSA) is 112 Å². The number of rotatable bonds is 10. The van der Waals surface area contributed by atoms with Gasteiger partial charge in [0.2, 0.25) is 5.91 Å². The van der Waals surface area contributed by atoms with Crippen LogP contribution in [0, 0.1) is 5.92 Å². The molecule has 4 rings (SSSR count). The maximum absolute atomic E-state index is 12.9. The number of amides is 1. The molecule has 38 heavy (non-hydrogen) atoms. The number of pyridine rings is 2. The van der Waals surface area contributed by atoms with E-state index in [0.717, 1.165) is 35.5 Å². The number of ether oxygens (including phenoxy) is 1. The van der Waals surface area contributed by atoms with E-state index in [9.17, 15) is 14.4 Å². The Balaban J connectivity index is 1.62. The average molecular weight is 521 g/mol. The van der Waals surface area contributed by atoms with Crippen LogP contribution in [0.5, 0.6) is 0 Å². The molecule has 10 heteroatoms. The fraction of sp³-hybridized carbons (Fsp3) is 0.500. The highest BCUT2D eigenvalue weighted by atomic mass is 16.5. The maximum atomic E-state index is 12.9. The molecule has 0 saturated carbocycles. The number of carbonyl (C=O) groups excluding carboxylic acids is 2. The van der Waals surface area contributed by atoms with Crippen LogP contribution in [0.1, 0.15) is 63.4 Å². The number of carbonyl (C=O) groups is 2. The van der Waals surface area contributed by atoms with Gasteiger partial charge < -0.3 is 14.2 Å². The number of aryl methyl sites for hydroxylation is 3. The van der Waals surface area contributed by atoms with Crippen LogP contribution in [0.4, 0.5) is 5.69 Å². The van der Waals surface area contributed by atoms with Crippen molar-refractivity contribution >= 4 is 17.6 Å². The second-order valence-corrected chi connectivity index (χ2v) is 9.70. The van der Waals surface area contributed by atoms with Gasteiger partial charge in [-0.1, -0.05) is 31.5 Å². The van der Waals surface area contributed by atoms with E-state index in [2.05, 4.69) is 17.2 Å². The second-order valence-electron chi connectivity index (χ2n) is 9.70. The van der Waals surface area contributed by atoms with Gasteiger partial charge in [-0.2, -0.15) is 0 Å². The van der Waals surface area contributed by atoms with Gasteiger partial charge in [0.1, 0.15) is 5.69 Å². The average Bonchev–Trinajstić information content (AvgIpc) is 3.27. The van der Waals surface area contributed by atoms with E-state index in [1.807, 2.05) is 31.3 Å². The largest absolute Gasteiger partial charge is 0.466 e. The molecule has 1 aliphatic heterocycles. The van der Waals surface area contributed by atoms with Crippen molar-refractivity contribution in [3.05, 3.63) is 57.8 Å². The Morgan fingerprint density at radius 2 is 1.95 bits per heavy atom. The molecule has 3 aromatic rings. The van der Waals surface area contributed by atoms with Gasteiger partial charge in [-0.3, -0.25) is 14.4 Å². The van der Waals surface area contributed by atoms with Crippen LogP contribution in [0.25, 0.3) is 11.4 Å². The van der Waals surface area contributed by atoms with E-state index in [1.165, 1.54) is 0 Å². The van der Waals surface area contributed by atoms with E-state index < -0.39 is 0 Å². The van der Waals surface area contributed by atoms with E-state index in [1.54, 1.807) is 34.2 Å². The van der Waals surface area contributed by atoms with Crippen LogP contribution in [0.3, 0.4) is 0 Å². The molecule has 0 spiro atoms. The van der Waals surface area contributed by atoms with E-state index in [-0.39, 0.29) is 23.4 Å². The van der Waals surface area contributed by atoms with E-state index in [4.69, 9.17) is 9.72 Å². The molecule has 1 atom stereocenters. The molecule has 0 aromatic carbocycles. The van der Waals surface area contributed by atoms with Gasteiger partial charge in [-0.05, 0) is 49.8 Å². The van der Waals surface area contributed by atoms with Crippen molar-refractivity contribution in [2.75, 3.05) is 18.1 Å².